The van der Waals surface area contributed by atoms with Crippen LogP contribution in [0.3, 0.4) is 0 Å². The molecule has 0 saturated heterocycles. The van der Waals surface area contributed by atoms with Gasteiger partial charge in [0.15, 0.2) is 12.2 Å². The van der Waals surface area contributed by atoms with E-state index in [1.165, 1.54) is 193 Å². The van der Waals surface area contributed by atoms with Crippen LogP contribution in [-0.4, -0.2) is 96.7 Å². The first kappa shape index (κ1) is 92.1. The molecule has 5 atom stereocenters. The van der Waals surface area contributed by atoms with Gasteiger partial charge < -0.3 is 33.8 Å². The van der Waals surface area contributed by atoms with E-state index in [9.17, 15) is 43.2 Å². The van der Waals surface area contributed by atoms with Crippen molar-refractivity contribution in [1.29, 1.82) is 0 Å². The number of phosphoric acid groups is 2. The van der Waals surface area contributed by atoms with Crippen LogP contribution in [0.15, 0.2) is 0 Å². The van der Waals surface area contributed by atoms with Crippen LogP contribution in [0.5, 0.6) is 0 Å². The number of aliphatic hydroxyl groups excluding tert-OH is 1. The second-order valence-corrected chi connectivity index (χ2v) is 30.9. The molecule has 558 valence electrons. The number of hydrogen-bond donors (Lipinski definition) is 3. The van der Waals surface area contributed by atoms with E-state index in [0.29, 0.717) is 25.7 Å². The standard InChI is InChI=1S/C75H146O17P2/c1-7-9-11-13-15-16-17-18-19-20-21-22-23-28-31-34-41-47-53-59-74(79)91-71(64-86-73(78)58-52-46-40-33-30-27-25-24-26-29-32-38-43-49-55-67(3)4)66-90-94(83,84)88-62-69(76)61-87-93(81,82)89-65-70(63-85-72(77)57-51-45-37-14-12-10-8-2)92-75(80)60-54-48-42-36-35-39-44-50-56-68(5)6/h67-71,76H,7-66H2,1-6H3,(H,81,82)(H,83,84)/t69-,70+,71+/m0/s1. The maximum Gasteiger partial charge on any atom is 0.472 e. The highest BCUT2D eigenvalue weighted by atomic mass is 31.2. The second-order valence-electron chi connectivity index (χ2n) is 28.0. The zero-order valence-electron chi connectivity index (χ0n) is 61.3. The van der Waals surface area contributed by atoms with Gasteiger partial charge in [-0.25, -0.2) is 9.13 Å². The van der Waals surface area contributed by atoms with Crippen LogP contribution in [0.4, 0.5) is 0 Å². The lowest BCUT2D eigenvalue weighted by Gasteiger charge is -2.21. The summed E-state index contributed by atoms with van der Waals surface area (Å²) in [4.78, 5) is 72.6. The molecule has 0 heterocycles. The number of esters is 4. The smallest absolute Gasteiger partial charge is 0.462 e. The van der Waals surface area contributed by atoms with Crippen molar-refractivity contribution in [2.24, 2.45) is 11.8 Å². The van der Waals surface area contributed by atoms with Crippen molar-refractivity contribution in [2.45, 2.75) is 407 Å². The zero-order chi connectivity index (χ0) is 69.3. The van der Waals surface area contributed by atoms with E-state index in [1.807, 2.05) is 0 Å². The van der Waals surface area contributed by atoms with Crippen LogP contribution in [0.1, 0.15) is 388 Å². The summed E-state index contributed by atoms with van der Waals surface area (Å²) in [6.45, 7) is 9.53. The number of carbonyl (C=O) groups excluding carboxylic acids is 4. The highest BCUT2D eigenvalue weighted by molar-refractivity contribution is 7.47. The first-order valence-electron chi connectivity index (χ1n) is 39.0. The first-order valence-corrected chi connectivity index (χ1v) is 42.0. The summed E-state index contributed by atoms with van der Waals surface area (Å²) < 4.78 is 68.4. The summed E-state index contributed by atoms with van der Waals surface area (Å²) in [5.41, 5.74) is 0. The van der Waals surface area contributed by atoms with E-state index in [2.05, 4.69) is 41.5 Å². The van der Waals surface area contributed by atoms with E-state index >= 15 is 0 Å². The Morgan fingerprint density at radius 2 is 0.489 bits per heavy atom. The third-order valence-corrected chi connectivity index (χ3v) is 19.4. The van der Waals surface area contributed by atoms with Crippen LogP contribution in [0, 0.1) is 11.8 Å². The van der Waals surface area contributed by atoms with E-state index in [0.717, 1.165) is 115 Å². The fourth-order valence-corrected chi connectivity index (χ4v) is 13.1. The number of carbonyl (C=O) groups is 4. The molecule has 0 aromatic rings. The molecule has 0 aliphatic rings. The van der Waals surface area contributed by atoms with Crippen molar-refractivity contribution in [3.8, 4) is 0 Å². The average molecular weight is 1380 g/mol. The minimum atomic E-state index is -4.96. The fourth-order valence-electron chi connectivity index (χ4n) is 11.5. The quantitative estimate of drug-likeness (QED) is 0.0222. The van der Waals surface area contributed by atoms with Crippen LogP contribution in [0.25, 0.3) is 0 Å². The first-order chi connectivity index (χ1) is 45.4. The summed E-state index contributed by atoms with van der Waals surface area (Å²) >= 11 is 0. The van der Waals surface area contributed by atoms with Gasteiger partial charge in [0.2, 0.25) is 0 Å². The van der Waals surface area contributed by atoms with Crippen LogP contribution in [-0.2, 0) is 65.4 Å². The van der Waals surface area contributed by atoms with Gasteiger partial charge in [-0.05, 0) is 37.5 Å². The van der Waals surface area contributed by atoms with Gasteiger partial charge >= 0.3 is 39.5 Å². The second kappa shape index (κ2) is 66.9. The minimum absolute atomic E-state index is 0.104. The van der Waals surface area contributed by atoms with Gasteiger partial charge in [-0.2, -0.15) is 0 Å². The summed E-state index contributed by atoms with van der Waals surface area (Å²) in [7, 11) is -9.90. The van der Waals surface area contributed by atoms with Gasteiger partial charge in [0, 0.05) is 25.7 Å². The highest BCUT2D eigenvalue weighted by Gasteiger charge is 2.30. The molecule has 0 aliphatic carbocycles. The topological polar surface area (TPSA) is 237 Å². The third-order valence-electron chi connectivity index (χ3n) is 17.5. The van der Waals surface area contributed by atoms with E-state index in [-0.39, 0.29) is 25.7 Å². The Morgan fingerprint density at radius 1 is 0.287 bits per heavy atom. The molecule has 0 fully saturated rings. The van der Waals surface area contributed by atoms with Gasteiger partial charge in [-0.1, -0.05) is 337 Å². The lowest BCUT2D eigenvalue weighted by Crippen LogP contribution is -2.30. The molecule has 3 N–H and O–H groups in total. The maximum atomic E-state index is 13.1. The fraction of sp³-hybridized carbons (Fsp3) is 0.947. The highest BCUT2D eigenvalue weighted by Crippen LogP contribution is 2.45. The predicted octanol–water partition coefficient (Wildman–Crippen LogP) is 21.9. The van der Waals surface area contributed by atoms with Crippen molar-refractivity contribution < 1.29 is 80.2 Å². The van der Waals surface area contributed by atoms with Crippen LogP contribution >= 0.6 is 15.6 Å². The molecule has 0 aromatic heterocycles. The molecule has 0 radical (unpaired) electrons. The minimum Gasteiger partial charge on any atom is -0.462 e. The molecule has 17 nitrogen and oxygen atoms in total. The molecule has 0 rings (SSSR count). The molecule has 0 aliphatic heterocycles. The monoisotopic (exact) mass is 1380 g/mol. The molecular formula is C75H146O17P2. The molecule has 0 aromatic carbocycles. The summed E-state index contributed by atoms with van der Waals surface area (Å²) in [6, 6.07) is 0. The van der Waals surface area contributed by atoms with E-state index < -0.39 is 97.5 Å². The number of ether oxygens (including phenoxy) is 4. The lowest BCUT2D eigenvalue weighted by molar-refractivity contribution is -0.161. The van der Waals surface area contributed by atoms with Crippen LogP contribution in [0.2, 0.25) is 0 Å². The zero-order valence-corrected chi connectivity index (χ0v) is 63.1. The molecule has 0 spiro atoms. The van der Waals surface area contributed by atoms with Gasteiger partial charge in [0.1, 0.15) is 19.3 Å². The Labute approximate surface area is 575 Å². The molecule has 2 unspecified atom stereocenters. The molecule has 0 saturated carbocycles. The number of phosphoric ester groups is 2. The van der Waals surface area contributed by atoms with Crippen molar-refractivity contribution in [1.82, 2.24) is 0 Å². The Bertz CT molecular complexity index is 1820. The number of aliphatic hydroxyl groups is 1. The van der Waals surface area contributed by atoms with Gasteiger partial charge in [0.05, 0.1) is 26.4 Å². The van der Waals surface area contributed by atoms with Gasteiger partial charge in [-0.15, -0.1) is 0 Å². The Morgan fingerprint density at radius 3 is 0.723 bits per heavy atom. The van der Waals surface area contributed by atoms with Crippen molar-refractivity contribution >= 4 is 39.5 Å². The number of unbranched alkanes of at least 4 members (excludes halogenated alkanes) is 44. The van der Waals surface area contributed by atoms with E-state index in [1.54, 1.807) is 0 Å². The molecular weight excluding hydrogens is 1230 g/mol. The summed E-state index contributed by atoms with van der Waals surface area (Å²) in [6.07, 6.45) is 54.4. The largest absolute Gasteiger partial charge is 0.472 e. The maximum absolute atomic E-state index is 13.1. The van der Waals surface area contributed by atoms with Crippen molar-refractivity contribution in [3.63, 3.8) is 0 Å². The molecule has 19 heteroatoms. The average Bonchev–Trinajstić information content (AvgIpc) is 1.34. The Kier molecular flexibility index (Phi) is 65.5. The van der Waals surface area contributed by atoms with Crippen molar-refractivity contribution in [2.75, 3.05) is 39.6 Å². The molecule has 0 bridgehead atoms. The van der Waals surface area contributed by atoms with Gasteiger partial charge in [0.25, 0.3) is 0 Å². The van der Waals surface area contributed by atoms with Crippen LogP contribution < -0.4 is 0 Å². The van der Waals surface area contributed by atoms with E-state index in [4.69, 9.17) is 37.0 Å². The lowest BCUT2D eigenvalue weighted by atomic mass is 10.0. The predicted molar refractivity (Wildman–Crippen MR) is 381 cm³/mol. The third kappa shape index (κ3) is 68.6. The summed E-state index contributed by atoms with van der Waals surface area (Å²) in [5, 5.41) is 10.6. The number of hydrogen-bond acceptors (Lipinski definition) is 15. The van der Waals surface area contributed by atoms with Gasteiger partial charge in [-0.3, -0.25) is 37.3 Å². The molecule has 94 heavy (non-hydrogen) atoms. The Balaban J connectivity index is 5.18. The SMILES string of the molecule is CCCCCCCCCCCCCCCCCCCCCC(=O)O[C@H](COC(=O)CCCCCCCCCCCCCCCCC(C)C)COP(=O)(O)OC[C@@H](O)COP(=O)(O)OC[C@@H](COC(=O)CCCCCCCCC)OC(=O)CCCCCCCCCCC(C)C. The Hall–Kier alpha value is -1.94. The summed E-state index contributed by atoms with van der Waals surface area (Å²) in [5.74, 6) is -0.606. The molecule has 0 amide bonds. The normalized spacial score (nSPS) is 14.0. The van der Waals surface area contributed by atoms with Crippen molar-refractivity contribution in [3.05, 3.63) is 0 Å². The number of rotatable bonds is 74.